The van der Waals surface area contributed by atoms with Crippen LogP contribution in [0, 0.1) is 12.7 Å². The Hall–Kier alpha value is -1.13. The lowest BCUT2D eigenvalue weighted by Crippen LogP contribution is -2.02. The predicted octanol–water partition coefficient (Wildman–Crippen LogP) is 4.56. The number of aromatic nitrogens is 1. The molecule has 94 valence electrons. The van der Waals surface area contributed by atoms with Crippen molar-refractivity contribution >= 4 is 33.3 Å². The molecule has 0 saturated carbocycles. The summed E-state index contributed by atoms with van der Waals surface area (Å²) in [5.41, 5.74) is 1.68. The number of anilines is 1. The highest BCUT2D eigenvalue weighted by molar-refractivity contribution is 9.10. The van der Waals surface area contributed by atoms with Gasteiger partial charge in [0, 0.05) is 16.0 Å². The molecular weight excluding hydrogens is 319 g/mol. The van der Waals surface area contributed by atoms with Gasteiger partial charge in [-0.25, -0.2) is 9.37 Å². The van der Waals surface area contributed by atoms with E-state index < -0.39 is 0 Å². The number of benzene rings is 1. The van der Waals surface area contributed by atoms with Crippen molar-refractivity contribution in [3.8, 4) is 0 Å². The van der Waals surface area contributed by atoms with E-state index in [4.69, 9.17) is 11.6 Å². The lowest BCUT2D eigenvalue weighted by atomic mass is 10.2. The summed E-state index contributed by atoms with van der Waals surface area (Å²) in [7, 11) is 0. The lowest BCUT2D eigenvalue weighted by molar-refractivity contribution is 0.626. The van der Waals surface area contributed by atoms with Crippen LogP contribution in [-0.4, -0.2) is 4.98 Å². The summed E-state index contributed by atoms with van der Waals surface area (Å²) in [6.45, 7) is 2.39. The number of rotatable bonds is 3. The van der Waals surface area contributed by atoms with E-state index in [-0.39, 0.29) is 5.82 Å². The van der Waals surface area contributed by atoms with Gasteiger partial charge >= 0.3 is 0 Å². The monoisotopic (exact) mass is 328 g/mol. The third-order valence-electron chi connectivity index (χ3n) is 2.42. The Bertz CT molecular complexity index is 555. The van der Waals surface area contributed by atoms with Gasteiger partial charge in [0.2, 0.25) is 0 Å². The van der Waals surface area contributed by atoms with Crippen LogP contribution in [-0.2, 0) is 6.54 Å². The van der Waals surface area contributed by atoms with E-state index in [1.165, 1.54) is 12.1 Å². The molecule has 0 aliphatic rings. The molecule has 1 aromatic heterocycles. The zero-order valence-electron chi connectivity index (χ0n) is 9.67. The number of aryl methyl sites for hydroxylation is 1. The average molecular weight is 330 g/mol. The number of nitrogens with one attached hydrogen (secondary N) is 1. The molecular formula is C13H11BrClFN2. The predicted molar refractivity (Wildman–Crippen MR) is 75.4 cm³/mol. The molecule has 0 saturated heterocycles. The molecule has 0 bridgehead atoms. The molecule has 2 aromatic rings. The molecule has 0 spiro atoms. The molecule has 0 atom stereocenters. The van der Waals surface area contributed by atoms with Gasteiger partial charge in [-0.1, -0.05) is 11.6 Å². The van der Waals surface area contributed by atoms with Crippen LogP contribution >= 0.6 is 27.5 Å². The Morgan fingerprint density at radius 1 is 1.33 bits per heavy atom. The largest absolute Gasteiger partial charge is 0.366 e. The molecule has 5 heteroatoms. The minimum absolute atomic E-state index is 0.334. The molecule has 0 unspecified atom stereocenters. The Balaban J connectivity index is 2.08. The molecule has 1 N–H and O–H groups in total. The Kier molecular flexibility index (Phi) is 4.19. The molecule has 0 radical (unpaired) electrons. The highest BCUT2D eigenvalue weighted by Gasteiger charge is 2.01. The maximum atomic E-state index is 13.1. The van der Waals surface area contributed by atoms with Gasteiger partial charge in [-0.3, -0.25) is 0 Å². The molecule has 18 heavy (non-hydrogen) atoms. The molecule has 2 rings (SSSR count). The van der Waals surface area contributed by atoms with E-state index in [9.17, 15) is 4.39 Å². The summed E-state index contributed by atoms with van der Waals surface area (Å²) in [6, 6.07) is 8.24. The minimum Gasteiger partial charge on any atom is -0.366 e. The lowest BCUT2D eigenvalue weighted by Gasteiger charge is -2.08. The summed E-state index contributed by atoms with van der Waals surface area (Å²) in [5.74, 6) is 0.412. The summed E-state index contributed by atoms with van der Waals surface area (Å²) in [5, 5.41) is 3.52. The first-order valence-electron chi connectivity index (χ1n) is 5.36. The molecule has 1 heterocycles. The van der Waals surface area contributed by atoms with E-state index in [0.717, 1.165) is 21.5 Å². The fraction of sp³-hybridized carbons (Fsp3) is 0.154. The zero-order valence-corrected chi connectivity index (χ0v) is 12.0. The van der Waals surface area contributed by atoms with Crippen LogP contribution in [0.25, 0.3) is 0 Å². The second kappa shape index (κ2) is 5.67. The molecule has 0 fully saturated rings. The first kappa shape index (κ1) is 13.3. The van der Waals surface area contributed by atoms with E-state index in [1.54, 1.807) is 6.07 Å². The topological polar surface area (TPSA) is 24.9 Å². The third kappa shape index (κ3) is 3.43. The summed E-state index contributed by atoms with van der Waals surface area (Å²) in [4.78, 5) is 4.35. The van der Waals surface area contributed by atoms with Gasteiger partial charge in [-0.05, 0) is 58.7 Å². The number of nitrogens with zero attached hydrogens (tertiary/aromatic N) is 1. The number of pyridine rings is 1. The Labute approximate surface area is 118 Å². The molecule has 0 aliphatic heterocycles. The van der Waals surface area contributed by atoms with Gasteiger partial charge < -0.3 is 5.32 Å². The Morgan fingerprint density at radius 2 is 2.11 bits per heavy atom. The maximum absolute atomic E-state index is 13.1. The second-order valence-electron chi connectivity index (χ2n) is 3.89. The highest BCUT2D eigenvalue weighted by atomic mass is 79.9. The standard InChI is InChI=1S/C13H11BrClFN2/c1-8-12(14)2-3-13(18-8)17-7-9-4-10(15)6-11(16)5-9/h2-6H,7H2,1H3,(H,17,18). The van der Waals surface area contributed by atoms with Gasteiger partial charge in [0.05, 0.1) is 5.69 Å². The quantitative estimate of drug-likeness (QED) is 0.893. The number of hydrogen-bond acceptors (Lipinski definition) is 2. The van der Waals surface area contributed by atoms with Gasteiger partial charge in [0.1, 0.15) is 11.6 Å². The highest BCUT2D eigenvalue weighted by Crippen LogP contribution is 2.18. The first-order chi connectivity index (χ1) is 8.54. The summed E-state index contributed by atoms with van der Waals surface area (Å²) < 4.78 is 14.1. The van der Waals surface area contributed by atoms with Crippen LogP contribution in [0.2, 0.25) is 5.02 Å². The van der Waals surface area contributed by atoms with Crippen molar-refractivity contribution in [2.75, 3.05) is 5.32 Å². The van der Waals surface area contributed by atoms with Crippen molar-refractivity contribution in [1.29, 1.82) is 0 Å². The van der Waals surface area contributed by atoms with E-state index in [0.29, 0.717) is 11.6 Å². The van der Waals surface area contributed by atoms with Gasteiger partial charge in [0.25, 0.3) is 0 Å². The molecule has 0 aliphatic carbocycles. The second-order valence-corrected chi connectivity index (χ2v) is 5.19. The third-order valence-corrected chi connectivity index (χ3v) is 3.47. The summed E-state index contributed by atoms with van der Waals surface area (Å²) in [6.07, 6.45) is 0. The van der Waals surface area contributed by atoms with Crippen molar-refractivity contribution in [2.45, 2.75) is 13.5 Å². The number of hydrogen-bond donors (Lipinski definition) is 1. The maximum Gasteiger partial charge on any atom is 0.126 e. The van der Waals surface area contributed by atoms with Crippen molar-refractivity contribution in [2.24, 2.45) is 0 Å². The summed E-state index contributed by atoms with van der Waals surface area (Å²) >= 11 is 9.18. The van der Waals surface area contributed by atoms with Crippen LogP contribution in [0.4, 0.5) is 10.2 Å². The van der Waals surface area contributed by atoms with Crippen LogP contribution < -0.4 is 5.32 Å². The van der Waals surface area contributed by atoms with E-state index in [2.05, 4.69) is 26.2 Å². The first-order valence-corrected chi connectivity index (χ1v) is 6.53. The zero-order chi connectivity index (χ0) is 13.1. The van der Waals surface area contributed by atoms with E-state index >= 15 is 0 Å². The number of halogens is 3. The molecule has 2 nitrogen and oxygen atoms in total. The Morgan fingerprint density at radius 3 is 2.78 bits per heavy atom. The van der Waals surface area contributed by atoms with E-state index in [1.807, 2.05) is 19.1 Å². The van der Waals surface area contributed by atoms with Crippen LogP contribution in [0.3, 0.4) is 0 Å². The van der Waals surface area contributed by atoms with Gasteiger partial charge in [-0.2, -0.15) is 0 Å². The SMILES string of the molecule is Cc1nc(NCc2cc(F)cc(Cl)c2)ccc1Br. The minimum atomic E-state index is -0.334. The van der Waals surface area contributed by atoms with Crippen molar-refractivity contribution in [3.05, 3.63) is 56.9 Å². The molecule has 0 amide bonds. The smallest absolute Gasteiger partial charge is 0.126 e. The fourth-order valence-electron chi connectivity index (χ4n) is 1.55. The van der Waals surface area contributed by atoms with Crippen LogP contribution in [0.1, 0.15) is 11.3 Å². The fourth-order valence-corrected chi connectivity index (χ4v) is 2.01. The van der Waals surface area contributed by atoms with Crippen LogP contribution in [0.15, 0.2) is 34.8 Å². The van der Waals surface area contributed by atoms with Crippen molar-refractivity contribution in [1.82, 2.24) is 4.98 Å². The van der Waals surface area contributed by atoms with Gasteiger partial charge in [-0.15, -0.1) is 0 Å². The molecule has 1 aromatic carbocycles. The van der Waals surface area contributed by atoms with Crippen molar-refractivity contribution < 1.29 is 4.39 Å². The average Bonchev–Trinajstić information content (AvgIpc) is 2.29. The van der Waals surface area contributed by atoms with Crippen LogP contribution in [0.5, 0.6) is 0 Å². The van der Waals surface area contributed by atoms with Crippen molar-refractivity contribution in [3.63, 3.8) is 0 Å². The normalized spacial score (nSPS) is 10.4. The van der Waals surface area contributed by atoms with Gasteiger partial charge in [0.15, 0.2) is 0 Å².